The van der Waals surface area contributed by atoms with Crippen molar-refractivity contribution in [1.29, 1.82) is 0 Å². The van der Waals surface area contributed by atoms with Crippen LogP contribution in [0.25, 0.3) is 0 Å². The normalized spacial score (nSPS) is 11.4. The third kappa shape index (κ3) is 6.54. The van der Waals surface area contributed by atoms with Crippen molar-refractivity contribution in [3.63, 3.8) is 0 Å². The predicted octanol–water partition coefficient (Wildman–Crippen LogP) is 5.76. The quantitative estimate of drug-likeness (QED) is 0.271. The molecule has 0 aliphatic rings. The van der Waals surface area contributed by atoms with E-state index in [0.717, 1.165) is 18.2 Å². The van der Waals surface area contributed by atoms with Crippen molar-refractivity contribution in [3.05, 3.63) is 87.4 Å². The van der Waals surface area contributed by atoms with E-state index in [9.17, 15) is 24.3 Å². The number of nitrogens with one attached hydrogen (secondary N) is 2. The van der Waals surface area contributed by atoms with Gasteiger partial charge in [-0.3, -0.25) is 9.59 Å². The van der Waals surface area contributed by atoms with Crippen LogP contribution in [0.15, 0.2) is 65.6 Å². The van der Waals surface area contributed by atoms with Gasteiger partial charge in [0.05, 0.1) is 37.7 Å². The van der Waals surface area contributed by atoms with E-state index in [1.54, 1.807) is 49.4 Å². The van der Waals surface area contributed by atoms with E-state index in [1.165, 1.54) is 11.8 Å². The first-order chi connectivity index (χ1) is 16.6. The van der Waals surface area contributed by atoms with Crippen molar-refractivity contribution in [1.82, 2.24) is 0 Å². The van der Waals surface area contributed by atoms with E-state index in [2.05, 4.69) is 10.6 Å². The highest BCUT2D eigenvalue weighted by molar-refractivity contribution is 8.00. The maximum atomic E-state index is 12.7. The molecule has 0 fully saturated rings. The third-order valence-corrected chi connectivity index (χ3v) is 6.64. The summed E-state index contributed by atoms with van der Waals surface area (Å²) in [7, 11) is 0. The monoisotopic (exact) mass is 532 g/mol. The number of carbonyl (C=O) groups is 4. The number of hydrogen-bond acceptors (Lipinski definition) is 5. The minimum Gasteiger partial charge on any atom is -0.478 e. The van der Waals surface area contributed by atoms with E-state index < -0.39 is 28.7 Å². The number of anilines is 2. The molecule has 1 atom stereocenters. The van der Waals surface area contributed by atoms with Gasteiger partial charge in [0, 0.05) is 10.6 Å². The van der Waals surface area contributed by atoms with Crippen LogP contribution >= 0.6 is 35.0 Å². The second-order valence-electron chi connectivity index (χ2n) is 7.20. The van der Waals surface area contributed by atoms with Crippen molar-refractivity contribution >= 4 is 70.1 Å². The van der Waals surface area contributed by atoms with Gasteiger partial charge in [-0.25, -0.2) is 9.59 Å². The van der Waals surface area contributed by atoms with Crippen LogP contribution < -0.4 is 10.6 Å². The van der Waals surface area contributed by atoms with Crippen LogP contribution in [-0.4, -0.2) is 39.2 Å². The number of aromatic carboxylic acids is 2. The van der Waals surface area contributed by atoms with Crippen LogP contribution in [0.1, 0.15) is 38.0 Å². The lowest BCUT2D eigenvalue weighted by Crippen LogP contribution is -2.22. The molecule has 2 amide bonds. The van der Waals surface area contributed by atoms with E-state index >= 15 is 0 Å². The summed E-state index contributed by atoms with van der Waals surface area (Å²) in [5.74, 6) is -3.76. The summed E-state index contributed by atoms with van der Waals surface area (Å²) in [6.07, 6.45) is 0. The topological polar surface area (TPSA) is 133 Å². The molecule has 3 aromatic carbocycles. The van der Waals surface area contributed by atoms with Crippen LogP contribution in [0, 0.1) is 0 Å². The number of hydrogen-bond donors (Lipinski definition) is 4. The molecule has 11 heteroatoms. The lowest BCUT2D eigenvalue weighted by atomic mass is 10.0. The van der Waals surface area contributed by atoms with Crippen LogP contribution in [0.2, 0.25) is 10.0 Å². The van der Waals surface area contributed by atoms with Crippen molar-refractivity contribution in [2.45, 2.75) is 17.1 Å². The molecule has 0 bridgehead atoms. The first kappa shape index (κ1) is 26.1. The fraction of sp³-hybridized carbons (Fsp3) is 0.0833. The minimum atomic E-state index is -1.43. The fourth-order valence-electron chi connectivity index (χ4n) is 2.99. The van der Waals surface area contributed by atoms with Gasteiger partial charge >= 0.3 is 11.9 Å². The van der Waals surface area contributed by atoms with Crippen molar-refractivity contribution in [2.24, 2.45) is 0 Å². The maximum Gasteiger partial charge on any atom is 0.336 e. The van der Waals surface area contributed by atoms with Crippen LogP contribution in [-0.2, 0) is 4.79 Å². The van der Waals surface area contributed by atoms with Crippen LogP contribution in [0.4, 0.5) is 11.4 Å². The largest absolute Gasteiger partial charge is 0.478 e. The number of thioether (sulfide) groups is 1. The number of halogens is 2. The Bertz CT molecular complexity index is 1330. The lowest BCUT2D eigenvalue weighted by molar-refractivity contribution is -0.115. The fourth-order valence-corrected chi connectivity index (χ4v) is 4.26. The Morgan fingerprint density at radius 1 is 0.857 bits per heavy atom. The Morgan fingerprint density at radius 3 is 2.26 bits per heavy atom. The molecule has 3 aromatic rings. The molecule has 0 spiro atoms. The average molecular weight is 533 g/mol. The van der Waals surface area contributed by atoms with Crippen molar-refractivity contribution in [2.75, 3.05) is 10.6 Å². The summed E-state index contributed by atoms with van der Waals surface area (Å²) in [6.45, 7) is 1.70. The van der Waals surface area contributed by atoms with Crippen LogP contribution in [0.5, 0.6) is 0 Å². The van der Waals surface area contributed by atoms with Crippen molar-refractivity contribution < 1.29 is 29.4 Å². The molecule has 0 radical (unpaired) electrons. The SMILES string of the molecule is CC(Sc1cccc(NC(=O)c2ccc(C(=O)O)cc2C(=O)O)c1)C(=O)Nc1cccc(Cl)c1Cl. The molecular weight excluding hydrogens is 515 g/mol. The van der Waals surface area contributed by atoms with E-state index in [1.807, 2.05) is 0 Å². The van der Waals surface area contributed by atoms with E-state index in [0.29, 0.717) is 21.3 Å². The second kappa shape index (κ2) is 11.3. The number of benzene rings is 3. The average Bonchev–Trinajstić information content (AvgIpc) is 2.81. The number of carbonyl (C=O) groups excluding carboxylic acids is 2. The zero-order valence-electron chi connectivity index (χ0n) is 18.0. The highest BCUT2D eigenvalue weighted by Gasteiger charge is 2.20. The second-order valence-corrected chi connectivity index (χ2v) is 9.40. The predicted molar refractivity (Wildman–Crippen MR) is 135 cm³/mol. The Morgan fingerprint density at radius 2 is 1.57 bits per heavy atom. The number of carboxylic acids is 2. The minimum absolute atomic E-state index is 0.188. The van der Waals surface area contributed by atoms with Gasteiger partial charge in [0.1, 0.15) is 0 Å². The smallest absolute Gasteiger partial charge is 0.336 e. The van der Waals surface area contributed by atoms with Gasteiger partial charge in [-0.15, -0.1) is 11.8 Å². The summed E-state index contributed by atoms with van der Waals surface area (Å²) in [5, 5.41) is 23.8. The van der Waals surface area contributed by atoms with Gasteiger partial charge in [0.15, 0.2) is 0 Å². The van der Waals surface area contributed by atoms with Gasteiger partial charge < -0.3 is 20.8 Å². The molecule has 0 saturated carbocycles. The third-order valence-electron chi connectivity index (χ3n) is 4.73. The Balaban J connectivity index is 1.72. The summed E-state index contributed by atoms with van der Waals surface area (Å²) >= 11 is 13.3. The number of amides is 2. The molecule has 0 aliphatic carbocycles. The number of carboxylic acid groups (broad SMARTS) is 2. The molecule has 3 rings (SSSR count). The summed E-state index contributed by atoms with van der Waals surface area (Å²) in [6, 6.07) is 14.8. The molecule has 8 nitrogen and oxygen atoms in total. The molecule has 0 aliphatic heterocycles. The molecule has 0 saturated heterocycles. The highest BCUT2D eigenvalue weighted by Crippen LogP contribution is 2.31. The van der Waals surface area contributed by atoms with Gasteiger partial charge in [0.25, 0.3) is 5.91 Å². The Labute approximate surface area is 214 Å². The molecular formula is C24H18Cl2N2O6S. The maximum absolute atomic E-state index is 12.7. The van der Waals surface area contributed by atoms with E-state index in [-0.39, 0.29) is 22.1 Å². The van der Waals surface area contributed by atoms with E-state index in [4.69, 9.17) is 28.3 Å². The van der Waals surface area contributed by atoms with Gasteiger partial charge in [-0.2, -0.15) is 0 Å². The summed E-state index contributed by atoms with van der Waals surface area (Å²) in [4.78, 5) is 48.6. The Hall–Kier alpha value is -3.53. The molecule has 0 heterocycles. The number of rotatable bonds is 8. The van der Waals surface area contributed by atoms with Gasteiger partial charge in [0.2, 0.25) is 5.91 Å². The first-order valence-corrected chi connectivity index (χ1v) is 11.6. The van der Waals surface area contributed by atoms with Gasteiger partial charge in [-0.1, -0.05) is 35.3 Å². The molecule has 1 unspecified atom stereocenters. The molecule has 4 N–H and O–H groups in total. The zero-order chi connectivity index (χ0) is 25.7. The highest BCUT2D eigenvalue weighted by atomic mass is 35.5. The first-order valence-electron chi connectivity index (χ1n) is 10.0. The van der Waals surface area contributed by atoms with Crippen LogP contribution in [0.3, 0.4) is 0 Å². The standard InChI is InChI=1S/C24H18Cl2N2O6S/c1-12(21(29)28-19-7-3-6-18(25)20(19)26)35-15-5-2-4-14(11-15)27-22(30)16-9-8-13(23(31)32)10-17(16)24(33)34/h2-12H,1H3,(H,27,30)(H,28,29)(H,31,32)(H,33,34). The lowest BCUT2D eigenvalue weighted by Gasteiger charge is -2.14. The van der Waals surface area contributed by atoms with Gasteiger partial charge in [-0.05, 0) is 55.5 Å². The molecule has 0 aromatic heterocycles. The molecule has 35 heavy (non-hydrogen) atoms. The van der Waals surface area contributed by atoms with Crippen molar-refractivity contribution in [3.8, 4) is 0 Å². The summed E-state index contributed by atoms with van der Waals surface area (Å²) in [5.41, 5.74) is -0.113. The molecule has 180 valence electrons. The zero-order valence-corrected chi connectivity index (χ0v) is 20.4. The Kier molecular flexibility index (Phi) is 8.39. The summed E-state index contributed by atoms with van der Waals surface area (Å²) < 4.78 is 0.